The lowest BCUT2D eigenvalue weighted by Crippen LogP contribution is -2.25. The van der Waals surface area contributed by atoms with E-state index >= 15 is 0 Å². The fourth-order valence-corrected chi connectivity index (χ4v) is 1.43. The molecule has 0 fully saturated rings. The van der Waals surface area contributed by atoms with Crippen molar-refractivity contribution in [3.05, 3.63) is 11.9 Å². The molecule has 0 radical (unpaired) electrons. The molecular weight excluding hydrogens is 176 g/mol. The molecule has 0 N–H and O–H groups in total. The van der Waals surface area contributed by atoms with Gasteiger partial charge in [-0.25, -0.2) is 0 Å². The van der Waals surface area contributed by atoms with E-state index in [4.69, 9.17) is 0 Å². The van der Waals surface area contributed by atoms with Gasteiger partial charge in [-0.3, -0.25) is 4.99 Å². The molecule has 0 saturated heterocycles. The van der Waals surface area contributed by atoms with Gasteiger partial charge in [0.25, 0.3) is 0 Å². The summed E-state index contributed by atoms with van der Waals surface area (Å²) in [5.74, 6) is 0. The predicted octanol–water partition coefficient (Wildman–Crippen LogP) is -0.0846. The van der Waals surface area contributed by atoms with E-state index in [2.05, 4.69) is 4.99 Å². The second-order valence-corrected chi connectivity index (χ2v) is 3.42. The monoisotopic (exact) mass is 186 g/mol. The van der Waals surface area contributed by atoms with Gasteiger partial charge in [0.1, 0.15) is 0 Å². The van der Waals surface area contributed by atoms with Gasteiger partial charge in [0.2, 0.25) is 10.3 Å². The Bertz CT molecular complexity index is 357. The summed E-state index contributed by atoms with van der Waals surface area (Å²) < 4.78 is 20.6. The SMILES string of the molecule is CC1=CN(C)CC(C=S(=O)=O)=N1. The molecule has 4 nitrogen and oxygen atoms in total. The van der Waals surface area contributed by atoms with Crippen LogP contribution in [0.1, 0.15) is 6.92 Å². The van der Waals surface area contributed by atoms with E-state index < -0.39 is 10.3 Å². The van der Waals surface area contributed by atoms with Gasteiger partial charge in [-0.15, -0.1) is 0 Å². The van der Waals surface area contributed by atoms with Gasteiger partial charge < -0.3 is 4.90 Å². The summed E-state index contributed by atoms with van der Waals surface area (Å²) >= 11 is 0. The van der Waals surface area contributed by atoms with Crippen LogP contribution in [0, 0.1) is 0 Å². The van der Waals surface area contributed by atoms with Crippen molar-refractivity contribution < 1.29 is 8.42 Å². The molecule has 0 aliphatic carbocycles. The fraction of sp³-hybridized carbons (Fsp3) is 0.429. The molecule has 1 rings (SSSR count). The summed E-state index contributed by atoms with van der Waals surface area (Å²) in [6.45, 7) is 2.38. The Hall–Kier alpha value is -1.10. The quantitative estimate of drug-likeness (QED) is 0.538. The van der Waals surface area contributed by atoms with E-state index in [0.717, 1.165) is 11.1 Å². The first kappa shape index (κ1) is 8.99. The molecule has 0 atom stereocenters. The average Bonchev–Trinajstić information content (AvgIpc) is 1.81. The predicted molar refractivity (Wildman–Crippen MR) is 48.8 cm³/mol. The van der Waals surface area contributed by atoms with Gasteiger partial charge in [-0.05, 0) is 6.92 Å². The van der Waals surface area contributed by atoms with Crippen LogP contribution in [0.3, 0.4) is 0 Å². The minimum atomic E-state index is -2.15. The Morgan fingerprint density at radius 2 is 2.33 bits per heavy atom. The highest BCUT2D eigenvalue weighted by molar-refractivity contribution is 7.73. The van der Waals surface area contributed by atoms with Crippen LogP contribution < -0.4 is 0 Å². The number of hydrogen-bond acceptors (Lipinski definition) is 4. The number of hydrogen-bond donors (Lipinski definition) is 0. The van der Waals surface area contributed by atoms with E-state index in [1.54, 1.807) is 0 Å². The lowest BCUT2D eigenvalue weighted by atomic mass is 10.3. The summed E-state index contributed by atoms with van der Waals surface area (Å²) in [5.41, 5.74) is 1.39. The van der Waals surface area contributed by atoms with Gasteiger partial charge in [0.15, 0.2) is 0 Å². The summed E-state index contributed by atoms with van der Waals surface area (Å²) in [6, 6.07) is 0. The van der Waals surface area contributed by atoms with Gasteiger partial charge in [0.05, 0.1) is 23.3 Å². The zero-order valence-corrected chi connectivity index (χ0v) is 7.80. The highest BCUT2D eigenvalue weighted by Gasteiger charge is 2.05. The Balaban J connectivity index is 2.95. The highest BCUT2D eigenvalue weighted by Crippen LogP contribution is 2.03. The van der Waals surface area contributed by atoms with Crippen molar-refractivity contribution in [2.24, 2.45) is 4.99 Å². The Kier molecular flexibility index (Phi) is 2.65. The molecule has 0 saturated carbocycles. The molecule has 0 aromatic carbocycles. The first-order chi connectivity index (χ1) is 5.58. The number of aliphatic imine (C=N–C) groups is 1. The standard InChI is InChI=1S/C7H10N2O2S/c1-6-3-9(2)4-7(8-6)5-12(10)11/h3,5H,4H2,1-2H3. The van der Waals surface area contributed by atoms with E-state index in [0.29, 0.717) is 12.3 Å². The normalized spacial score (nSPS) is 16.7. The minimum Gasteiger partial charge on any atom is -0.373 e. The highest BCUT2D eigenvalue weighted by atomic mass is 32.2. The van der Waals surface area contributed by atoms with Crippen LogP contribution in [0.2, 0.25) is 0 Å². The van der Waals surface area contributed by atoms with Crippen molar-refractivity contribution in [2.45, 2.75) is 6.92 Å². The van der Waals surface area contributed by atoms with Crippen LogP contribution in [0.5, 0.6) is 0 Å². The number of nitrogens with zero attached hydrogens (tertiary/aromatic N) is 2. The van der Waals surface area contributed by atoms with Crippen LogP contribution in [0.25, 0.3) is 0 Å². The van der Waals surface area contributed by atoms with E-state index in [9.17, 15) is 8.42 Å². The van der Waals surface area contributed by atoms with Crippen LogP contribution in [-0.2, 0) is 10.3 Å². The maximum Gasteiger partial charge on any atom is 0.215 e. The Morgan fingerprint density at radius 3 is 2.83 bits per heavy atom. The molecule has 5 heteroatoms. The summed E-state index contributed by atoms with van der Waals surface area (Å²) in [5, 5.41) is 1.13. The molecule has 0 unspecified atom stereocenters. The topological polar surface area (TPSA) is 49.7 Å². The molecule has 0 aromatic heterocycles. The van der Waals surface area contributed by atoms with Gasteiger partial charge in [-0.2, -0.15) is 8.42 Å². The Labute approximate surface area is 72.7 Å². The number of allylic oxidation sites excluding steroid dienone is 1. The third kappa shape index (κ3) is 2.50. The van der Waals surface area contributed by atoms with Crippen LogP contribution in [-0.4, -0.2) is 38.0 Å². The van der Waals surface area contributed by atoms with Crippen LogP contribution in [0.4, 0.5) is 0 Å². The molecule has 0 bridgehead atoms. The largest absolute Gasteiger partial charge is 0.373 e. The van der Waals surface area contributed by atoms with Crippen molar-refractivity contribution in [3.8, 4) is 0 Å². The maximum atomic E-state index is 10.3. The van der Waals surface area contributed by atoms with E-state index in [1.807, 2.05) is 25.1 Å². The smallest absolute Gasteiger partial charge is 0.215 e. The van der Waals surface area contributed by atoms with E-state index in [1.165, 1.54) is 0 Å². The van der Waals surface area contributed by atoms with Crippen molar-refractivity contribution in [3.63, 3.8) is 0 Å². The molecule has 0 amide bonds. The lowest BCUT2D eigenvalue weighted by molar-refractivity contribution is 0.513. The van der Waals surface area contributed by atoms with Crippen molar-refractivity contribution in [1.82, 2.24) is 4.90 Å². The van der Waals surface area contributed by atoms with Crippen molar-refractivity contribution in [2.75, 3.05) is 13.6 Å². The molecule has 0 spiro atoms. The minimum absolute atomic E-state index is 0.547. The van der Waals surface area contributed by atoms with Gasteiger partial charge in [-0.1, -0.05) is 0 Å². The molecule has 1 heterocycles. The molecule has 1 aliphatic rings. The van der Waals surface area contributed by atoms with Crippen molar-refractivity contribution >= 4 is 21.4 Å². The van der Waals surface area contributed by atoms with Gasteiger partial charge in [0, 0.05) is 13.2 Å². The molecule has 1 aliphatic heterocycles. The average molecular weight is 186 g/mol. The molecule has 0 aromatic rings. The summed E-state index contributed by atoms with van der Waals surface area (Å²) in [4.78, 5) is 5.95. The third-order valence-corrected chi connectivity index (χ3v) is 1.84. The Morgan fingerprint density at radius 1 is 1.67 bits per heavy atom. The van der Waals surface area contributed by atoms with Crippen molar-refractivity contribution in [1.29, 1.82) is 0 Å². The maximum absolute atomic E-state index is 10.3. The van der Waals surface area contributed by atoms with Crippen LogP contribution in [0.15, 0.2) is 16.9 Å². The molecular formula is C7H10N2O2S. The zero-order valence-electron chi connectivity index (χ0n) is 6.98. The summed E-state index contributed by atoms with van der Waals surface area (Å²) in [6.07, 6.45) is 1.87. The zero-order chi connectivity index (χ0) is 9.14. The van der Waals surface area contributed by atoms with E-state index in [-0.39, 0.29) is 0 Å². The second kappa shape index (κ2) is 3.53. The molecule has 66 valence electrons. The summed E-state index contributed by atoms with van der Waals surface area (Å²) in [7, 11) is -0.278. The first-order valence-electron chi connectivity index (χ1n) is 3.47. The lowest BCUT2D eigenvalue weighted by Gasteiger charge is -2.18. The van der Waals surface area contributed by atoms with Crippen LogP contribution >= 0.6 is 0 Å². The molecule has 12 heavy (non-hydrogen) atoms. The second-order valence-electron chi connectivity index (χ2n) is 2.67. The fourth-order valence-electron chi connectivity index (χ4n) is 1.09. The third-order valence-electron chi connectivity index (χ3n) is 1.37. The number of rotatable bonds is 1. The van der Waals surface area contributed by atoms with Gasteiger partial charge >= 0.3 is 0 Å². The first-order valence-corrected chi connectivity index (χ1v) is 4.61.